The molecule has 1 saturated heterocycles. The van der Waals surface area contributed by atoms with Crippen LogP contribution in [-0.4, -0.2) is 33.9 Å². The summed E-state index contributed by atoms with van der Waals surface area (Å²) in [6, 6.07) is 15.3. The van der Waals surface area contributed by atoms with E-state index in [9.17, 15) is 0 Å². The van der Waals surface area contributed by atoms with Crippen molar-refractivity contribution in [3.8, 4) is 11.1 Å². The van der Waals surface area contributed by atoms with E-state index in [1.807, 2.05) is 12.3 Å². The third-order valence-corrected chi connectivity index (χ3v) is 5.72. The zero-order valence-electron chi connectivity index (χ0n) is 15.4. The zero-order valence-corrected chi connectivity index (χ0v) is 15.4. The van der Waals surface area contributed by atoms with E-state index in [0.717, 1.165) is 42.3 Å². The molecule has 0 atom stereocenters. The van der Waals surface area contributed by atoms with Crippen molar-refractivity contribution in [2.24, 2.45) is 0 Å². The Labute approximate surface area is 156 Å². The molecule has 1 aliphatic heterocycles. The maximum absolute atomic E-state index is 4.68. The molecule has 0 N–H and O–H groups in total. The van der Waals surface area contributed by atoms with Crippen LogP contribution >= 0.6 is 0 Å². The van der Waals surface area contributed by atoms with Gasteiger partial charge in [-0.25, -0.2) is 0 Å². The van der Waals surface area contributed by atoms with Crippen LogP contribution in [-0.2, 0) is 6.54 Å². The van der Waals surface area contributed by atoms with E-state index in [0.29, 0.717) is 6.04 Å². The Morgan fingerprint density at radius 1 is 0.885 bits per heavy atom. The summed E-state index contributed by atoms with van der Waals surface area (Å²) in [6.45, 7) is 11.5. The molecule has 134 valence electrons. The highest BCUT2D eigenvalue weighted by Gasteiger charge is 2.29. The largest absolute Gasteiger partial charge is 0.366 e. The van der Waals surface area contributed by atoms with Crippen molar-refractivity contribution in [2.75, 3.05) is 13.1 Å². The predicted molar refractivity (Wildman–Crippen MR) is 107 cm³/mol. The fraction of sp³-hybridized carbons (Fsp3) is 0.348. The number of aromatic nitrogens is 1. The van der Waals surface area contributed by atoms with Gasteiger partial charge in [-0.2, -0.15) is 0 Å². The summed E-state index contributed by atoms with van der Waals surface area (Å²) in [4.78, 5) is 9.48. The second-order valence-electron chi connectivity index (χ2n) is 7.35. The van der Waals surface area contributed by atoms with Crippen LogP contribution in [0.4, 0.5) is 0 Å². The second kappa shape index (κ2) is 7.36. The number of benzene rings is 1. The van der Waals surface area contributed by atoms with Crippen molar-refractivity contribution in [1.82, 2.24) is 14.8 Å². The van der Waals surface area contributed by atoms with Gasteiger partial charge < -0.3 is 9.80 Å². The molecule has 0 unspecified atom stereocenters. The number of hydrogen-bond acceptors (Lipinski definition) is 3. The maximum Gasteiger partial charge on any atom is 0.0603 e. The third-order valence-electron chi connectivity index (χ3n) is 5.72. The van der Waals surface area contributed by atoms with Crippen LogP contribution in [0.3, 0.4) is 0 Å². The summed E-state index contributed by atoms with van der Waals surface area (Å²) < 4.78 is 0. The van der Waals surface area contributed by atoms with Crippen molar-refractivity contribution >= 4 is 0 Å². The lowest BCUT2D eigenvalue weighted by atomic mass is 10.1. The van der Waals surface area contributed by atoms with Gasteiger partial charge >= 0.3 is 0 Å². The Kier molecular flexibility index (Phi) is 4.79. The van der Waals surface area contributed by atoms with Gasteiger partial charge in [-0.15, -0.1) is 0 Å². The van der Waals surface area contributed by atoms with E-state index in [2.05, 4.69) is 64.3 Å². The van der Waals surface area contributed by atoms with Crippen LogP contribution in [0.15, 0.2) is 73.2 Å². The Morgan fingerprint density at radius 3 is 2.35 bits per heavy atom. The van der Waals surface area contributed by atoms with Crippen molar-refractivity contribution in [3.63, 3.8) is 0 Å². The third kappa shape index (κ3) is 3.39. The van der Waals surface area contributed by atoms with Gasteiger partial charge in [0.05, 0.1) is 23.6 Å². The standard InChI is InChI=1S/C23H27N3/c1-18-19(2)26(23-10-6-7-11-23)15-14-25(18)17-22-13-12-21(16-24-22)20-8-4-3-5-9-20/h3-5,8-9,12-13,16,23H,1-2,6-7,10-11,14-15,17H2. The Hall–Kier alpha value is -2.55. The topological polar surface area (TPSA) is 19.4 Å². The van der Waals surface area contributed by atoms with Crippen LogP contribution in [0.5, 0.6) is 0 Å². The first kappa shape index (κ1) is 16.9. The van der Waals surface area contributed by atoms with Crippen molar-refractivity contribution in [1.29, 1.82) is 0 Å². The molecule has 2 aromatic rings. The molecule has 1 saturated carbocycles. The van der Waals surface area contributed by atoms with E-state index in [1.54, 1.807) is 0 Å². The van der Waals surface area contributed by atoms with E-state index >= 15 is 0 Å². The van der Waals surface area contributed by atoms with Crippen LogP contribution in [0.25, 0.3) is 11.1 Å². The van der Waals surface area contributed by atoms with Gasteiger partial charge in [0.1, 0.15) is 0 Å². The lowest BCUT2D eigenvalue weighted by Crippen LogP contribution is -2.45. The molecule has 1 aliphatic carbocycles. The molecule has 2 aliphatic rings. The first-order valence-electron chi connectivity index (χ1n) is 9.62. The number of hydrogen-bond donors (Lipinski definition) is 0. The van der Waals surface area contributed by atoms with Gasteiger partial charge in [-0.05, 0) is 24.5 Å². The molecule has 0 spiro atoms. The van der Waals surface area contributed by atoms with Gasteiger partial charge in [-0.1, -0.05) is 62.4 Å². The van der Waals surface area contributed by atoms with E-state index in [4.69, 9.17) is 0 Å². The van der Waals surface area contributed by atoms with Gasteiger partial charge in [0.25, 0.3) is 0 Å². The monoisotopic (exact) mass is 345 g/mol. The van der Waals surface area contributed by atoms with Gasteiger partial charge in [0.15, 0.2) is 0 Å². The smallest absolute Gasteiger partial charge is 0.0603 e. The fourth-order valence-corrected chi connectivity index (χ4v) is 4.15. The van der Waals surface area contributed by atoms with E-state index in [-0.39, 0.29) is 0 Å². The van der Waals surface area contributed by atoms with Crippen molar-refractivity contribution in [2.45, 2.75) is 38.3 Å². The van der Waals surface area contributed by atoms with Gasteiger partial charge in [0.2, 0.25) is 0 Å². The van der Waals surface area contributed by atoms with Gasteiger partial charge in [0, 0.05) is 30.9 Å². The Balaban J connectivity index is 1.41. The molecule has 26 heavy (non-hydrogen) atoms. The molecular formula is C23H27N3. The quantitative estimate of drug-likeness (QED) is 0.791. The normalized spacial score (nSPS) is 18.6. The molecule has 3 heteroatoms. The molecule has 2 fully saturated rings. The minimum absolute atomic E-state index is 0.671. The molecular weight excluding hydrogens is 318 g/mol. The highest BCUT2D eigenvalue weighted by molar-refractivity contribution is 5.62. The molecule has 4 rings (SSSR count). The van der Waals surface area contributed by atoms with Crippen LogP contribution in [0, 0.1) is 0 Å². The summed E-state index contributed by atoms with van der Waals surface area (Å²) in [5, 5.41) is 0. The SMILES string of the molecule is C=C1C(=C)N(C2CCCC2)CCN1Cc1ccc(-c2ccccc2)cn1. The average Bonchev–Trinajstić information content (AvgIpc) is 3.21. The maximum atomic E-state index is 4.68. The fourth-order valence-electron chi connectivity index (χ4n) is 4.15. The highest BCUT2D eigenvalue weighted by atomic mass is 15.3. The molecule has 0 bridgehead atoms. The minimum Gasteiger partial charge on any atom is -0.366 e. The Bertz CT molecular complexity index is 773. The second-order valence-corrected chi connectivity index (χ2v) is 7.35. The first-order chi connectivity index (χ1) is 12.7. The summed E-state index contributed by atoms with van der Waals surface area (Å²) in [6.07, 6.45) is 7.27. The number of nitrogens with zero attached hydrogens (tertiary/aromatic N) is 3. The van der Waals surface area contributed by atoms with Crippen LogP contribution < -0.4 is 0 Å². The molecule has 0 amide bonds. The molecule has 1 aromatic heterocycles. The van der Waals surface area contributed by atoms with Crippen LogP contribution in [0.1, 0.15) is 31.4 Å². The first-order valence-corrected chi connectivity index (χ1v) is 9.62. The number of rotatable bonds is 4. The van der Waals surface area contributed by atoms with Crippen molar-refractivity contribution < 1.29 is 0 Å². The van der Waals surface area contributed by atoms with Crippen molar-refractivity contribution in [3.05, 3.63) is 78.9 Å². The summed E-state index contributed by atoms with van der Waals surface area (Å²) in [5.41, 5.74) is 5.59. The average molecular weight is 345 g/mol. The molecule has 1 aromatic carbocycles. The summed E-state index contributed by atoms with van der Waals surface area (Å²) in [7, 11) is 0. The summed E-state index contributed by atoms with van der Waals surface area (Å²) >= 11 is 0. The zero-order chi connectivity index (χ0) is 17.9. The lowest BCUT2D eigenvalue weighted by molar-refractivity contribution is 0.172. The number of pyridine rings is 1. The van der Waals surface area contributed by atoms with Crippen LogP contribution in [0.2, 0.25) is 0 Å². The minimum atomic E-state index is 0.671. The molecule has 3 nitrogen and oxygen atoms in total. The highest BCUT2D eigenvalue weighted by Crippen LogP contribution is 2.32. The predicted octanol–water partition coefficient (Wildman–Crippen LogP) is 4.84. The number of piperazine rings is 1. The van der Waals surface area contributed by atoms with Gasteiger partial charge in [-0.3, -0.25) is 4.98 Å². The molecule has 2 heterocycles. The molecule has 0 radical (unpaired) electrons. The lowest BCUT2D eigenvalue weighted by Gasteiger charge is -2.43. The van der Waals surface area contributed by atoms with E-state index in [1.165, 1.54) is 31.2 Å². The summed E-state index contributed by atoms with van der Waals surface area (Å²) in [5.74, 6) is 0. The van der Waals surface area contributed by atoms with E-state index < -0.39 is 0 Å². The Morgan fingerprint density at radius 2 is 1.65 bits per heavy atom.